The first-order valence-electron chi connectivity index (χ1n) is 7.92. The van der Waals surface area contributed by atoms with E-state index in [0.29, 0.717) is 0 Å². The highest BCUT2D eigenvalue weighted by Crippen LogP contribution is 2.19. The van der Waals surface area contributed by atoms with E-state index in [-0.39, 0.29) is 17.1 Å². The molecule has 0 saturated carbocycles. The number of nitro groups is 1. The second-order valence-corrected chi connectivity index (χ2v) is 5.65. The fourth-order valence-electron chi connectivity index (χ4n) is 2.49. The van der Waals surface area contributed by atoms with Crippen LogP contribution in [0.4, 0.5) is 10.1 Å². The summed E-state index contributed by atoms with van der Waals surface area (Å²) in [6.07, 6.45) is 2.66. The Morgan fingerprint density at radius 3 is 2.25 bits per heavy atom. The maximum Gasteiger partial charge on any atom is 0.272 e. The molecule has 2 aromatic heterocycles. The summed E-state index contributed by atoms with van der Waals surface area (Å²) >= 11 is 0. The monoisotopic (exact) mass is 379 g/mol. The van der Waals surface area contributed by atoms with Crippen LogP contribution in [0.1, 0.15) is 16.2 Å². The van der Waals surface area contributed by atoms with Crippen molar-refractivity contribution in [2.45, 2.75) is 0 Å². The summed E-state index contributed by atoms with van der Waals surface area (Å²) in [5.41, 5.74) is 0.226. The van der Waals surface area contributed by atoms with Gasteiger partial charge in [-0.2, -0.15) is 0 Å². The van der Waals surface area contributed by atoms with Gasteiger partial charge in [-0.05, 0) is 18.2 Å². The van der Waals surface area contributed by atoms with E-state index < -0.39 is 22.2 Å². The topological polar surface area (TPSA) is 122 Å². The lowest BCUT2D eigenvalue weighted by molar-refractivity contribution is -0.385. The molecule has 0 N–H and O–H groups in total. The minimum atomic E-state index is -0.867. The number of non-ortho nitro benzene ring substituents is 1. The summed E-state index contributed by atoms with van der Waals surface area (Å²) in [6.45, 7) is 0. The second kappa shape index (κ2) is 6.79. The van der Waals surface area contributed by atoms with Gasteiger partial charge in [0.05, 0.1) is 29.1 Å². The molecule has 0 spiro atoms. The number of nitro benzene ring substituents is 1. The summed E-state index contributed by atoms with van der Waals surface area (Å²) in [7, 11) is 0. The molecular formula is C17H10FN7O3. The Morgan fingerprint density at radius 2 is 1.61 bits per heavy atom. The van der Waals surface area contributed by atoms with Crippen LogP contribution in [-0.4, -0.2) is 40.7 Å². The van der Waals surface area contributed by atoms with E-state index in [1.54, 1.807) is 12.1 Å². The van der Waals surface area contributed by atoms with Crippen LogP contribution in [0.3, 0.4) is 0 Å². The minimum absolute atomic E-state index is 0.0417. The summed E-state index contributed by atoms with van der Waals surface area (Å²) in [6, 6.07) is 12.2. The van der Waals surface area contributed by atoms with Crippen LogP contribution in [0.5, 0.6) is 0 Å². The molecule has 138 valence electrons. The van der Waals surface area contributed by atoms with Gasteiger partial charge in [0.25, 0.3) is 5.69 Å². The molecule has 0 amide bonds. The van der Waals surface area contributed by atoms with Crippen molar-refractivity contribution in [2.24, 2.45) is 0 Å². The number of rotatable bonds is 5. The highest BCUT2D eigenvalue weighted by Gasteiger charge is 2.19. The lowest BCUT2D eigenvalue weighted by Gasteiger charge is -2.01. The Morgan fingerprint density at radius 1 is 0.964 bits per heavy atom. The smallest absolute Gasteiger partial charge is 0.272 e. The van der Waals surface area contributed by atoms with Gasteiger partial charge in [0.2, 0.25) is 5.78 Å². The van der Waals surface area contributed by atoms with Crippen molar-refractivity contribution in [3.63, 3.8) is 0 Å². The molecule has 0 fully saturated rings. The molecule has 0 atom stereocenters. The van der Waals surface area contributed by atoms with Gasteiger partial charge in [-0.3, -0.25) is 14.9 Å². The maximum atomic E-state index is 14.1. The third-order valence-corrected chi connectivity index (χ3v) is 3.86. The normalized spacial score (nSPS) is 10.8. The fraction of sp³-hybridized carbons (Fsp3) is 0. The van der Waals surface area contributed by atoms with E-state index in [1.165, 1.54) is 23.1 Å². The molecule has 2 heterocycles. The van der Waals surface area contributed by atoms with Crippen LogP contribution in [0, 0.1) is 15.9 Å². The predicted octanol–water partition coefficient (Wildman–Crippen LogP) is 2.13. The molecule has 0 aliphatic rings. The van der Waals surface area contributed by atoms with Crippen molar-refractivity contribution in [2.75, 3.05) is 0 Å². The van der Waals surface area contributed by atoms with Gasteiger partial charge in [-0.15, -0.1) is 10.2 Å². The predicted molar refractivity (Wildman–Crippen MR) is 92.8 cm³/mol. The number of hydrogen-bond acceptors (Lipinski definition) is 7. The highest BCUT2D eigenvalue weighted by atomic mass is 19.1. The minimum Gasteiger partial charge on any atom is -0.285 e. The molecule has 28 heavy (non-hydrogen) atoms. The third-order valence-electron chi connectivity index (χ3n) is 3.86. The first kappa shape index (κ1) is 17.1. The van der Waals surface area contributed by atoms with Crippen molar-refractivity contribution in [3.05, 3.63) is 88.2 Å². The number of carbonyl (C=O) groups is 1. The average molecular weight is 379 g/mol. The van der Waals surface area contributed by atoms with E-state index in [0.717, 1.165) is 22.5 Å². The zero-order valence-electron chi connectivity index (χ0n) is 14.0. The number of benzene rings is 2. The Kier molecular flexibility index (Phi) is 4.16. The third kappa shape index (κ3) is 3.11. The van der Waals surface area contributed by atoms with Gasteiger partial charge >= 0.3 is 0 Å². The lowest BCUT2D eigenvalue weighted by Crippen LogP contribution is -2.02. The van der Waals surface area contributed by atoms with E-state index in [4.69, 9.17) is 0 Å². The van der Waals surface area contributed by atoms with E-state index in [1.807, 2.05) is 18.2 Å². The number of aromatic nitrogens is 6. The van der Waals surface area contributed by atoms with E-state index >= 15 is 0 Å². The van der Waals surface area contributed by atoms with Crippen LogP contribution < -0.4 is 0 Å². The van der Waals surface area contributed by atoms with Crippen molar-refractivity contribution < 1.29 is 14.1 Å². The number of carbonyl (C=O) groups excluding carboxylic acids is 1. The number of hydrogen-bond donors (Lipinski definition) is 0. The summed E-state index contributed by atoms with van der Waals surface area (Å²) in [5.74, 6) is -1.41. The molecule has 0 saturated heterocycles. The molecule has 0 aliphatic heterocycles. The Hall–Kier alpha value is -4.28. The summed E-state index contributed by atoms with van der Waals surface area (Å²) in [4.78, 5) is 22.5. The van der Waals surface area contributed by atoms with Crippen LogP contribution in [0.25, 0.3) is 11.4 Å². The van der Waals surface area contributed by atoms with E-state index in [9.17, 15) is 19.3 Å². The van der Waals surface area contributed by atoms with Crippen LogP contribution >= 0.6 is 0 Å². The number of halogens is 1. The highest BCUT2D eigenvalue weighted by molar-refractivity contribution is 6.05. The van der Waals surface area contributed by atoms with Gasteiger partial charge in [0.15, 0.2) is 17.2 Å². The lowest BCUT2D eigenvalue weighted by atomic mass is 10.2. The molecule has 0 unspecified atom stereocenters. The zero-order chi connectivity index (χ0) is 19.7. The van der Waals surface area contributed by atoms with Crippen LogP contribution in [0.2, 0.25) is 0 Å². The number of ketones is 1. The molecule has 0 bridgehead atoms. The quantitative estimate of drug-likeness (QED) is 0.296. The van der Waals surface area contributed by atoms with Gasteiger partial charge in [-0.1, -0.05) is 28.6 Å². The number of para-hydroxylation sites is 1. The van der Waals surface area contributed by atoms with Gasteiger partial charge in [0, 0.05) is 6.07 Å². The molecule has 0 radical (unpaired) electrons. The Bertz CT molecular complexity index is 1190. The van der Waals surface area contributed by atoms with Crippen molar-refractivity contribution in [1.29, 1.82) is 0 Å². The standard InChI is InChI=1S/C17H10FN7O3/c18-13-8-12(25(27)28)6-7-16(13)24-10-15(20-22-24)17(26)14-9-23(21-19-14)11-4-2-1-3-5-11/h1-10H. The average Bonchev–Trinajstić information content (AvgIpc) is 3.38. The van der Waals surface area contributed by atoms with Gasteiger partial charge in [-0.25, -0.2) is 13.8 Å². The zero-order valence-corrected chi connectivity index (χ0v) is 14.0. The largest absolute Gasteiger partial charge is 0.285 e. The molecule has 0 aliphatic carbocycles. The molecule has 4 aromatic rings. The Balaban J connectivity index is 1.60. The first-order valence-corrected chi connectivity index (χ1v) is 7.92. The molecule has 11 heteroatoms. The van der Waals surface area contributed by atoms with Crippen molar-refractivity contribution in [1.82, 2.24) is 30.0 Å². The molecule has 10 nitrogen and oxygen atoms in total. The van der Waals surface area contributed by atoms with Crippen molar-refractivity contribution >= 4 is 11.5 Å². The summed E-state index contributed by atoms with van der Waals surface area (Å²) in [5, 5.41) is 25.9. The van der Waals surface area contributed by atoms with Crippen molar-refractivity contribution in [3.8, 4) is 11.4 Å². The molecule has 2 aromatic carbocycles. The van der Waals surface area contributed by atoms with Crippen LogP contribution in [-0.2, 0) is 0 Å². The Labute approximate surface area is 156 Å². The first-order chi connectivity index (χ1) is 13.5. The number of nitrogens with zero attached hydrogens (tertiary/aromatic N) is 7. The molecular weight excluding hydrogens is 369 g/mol. The van der Waals surface area contributed by atoms with Gasteiger partial charge < -0.3 is 0 Å². The summed E-state index contributed by atoms with van der Waals surface area (Å²) < 4.78 is 16.6. The SMILES string of the molecule is O=C(c1cn(-c2ccccc2)nn1)c1cn(-c2ccc([N+](=O)[O-])cc2F)nn1. The molecule has 4 rings (SSSR count). The second-order valence-electron chi connectivity index (χ2n) is 5.65. The van der Waals surface area contributed by atoms with Gasteiger partial charge in [0.1, 0.15) is 5.69 Å². The maximum absolute atomic E-state index is 14.1. The fourth-order valence-corrected chi connectivity index (χ4v) is 2.49. The van der Waals surface area contributed by atoms with E-state index in [2.05, 4.69) is 20.6 Å². The van der Waals surface area contributed by atoms with Crippen LogP contribution in [0.15, 0.2) is 60.9 Å².